The number of carbonyl (C=O) groups is 1. The molecular formula is C13H13N3O3S. The van der Waals surface area contributed by atoms with Crippen LogP contribution >= 0.6 is 0 Å². The van der Waals surface area contributed by atoms with E-state index < -0.39 is 15.7 Å². The third-order valence-corrected chi connectivity index (χ3v) is 3.68. The maximum Gasteiger partial charge on any atom is 0.257 e. The highest BCUT2D eigenvalue weighted by atomic mass is 32.2. The molecule has 0 atom stereocenters. The van der Waals surface area contributed by atoms with Crippen LogP contribution < -0.4 is 5.32 Å². The van der Waals surface area contributed by atoms with E-state index in [2.05, 4.69) is 15.3 Å². The van der Waals surface area contributed by atoms with Gasteiger partial charge in [-0.3, -0.25) is 9.78 Å². The first-order chi connectivity index (χ1) is 9.39. The summed E-state index contributed by atoms with van der Waals surface area (Å²) in [6, 6.07) is 4.75. The molecule has 20 heavy (non-hydrogen) atoms. The molecule has 2 heterocycles. The highest BCUT2D eigenvalue weighted by Gasteiger charge is 2.17. The second kappa shape index (κ2) is 5.38. The predicted molar refractivity (Wildman–Crippen MR) is 74.3 cm³/mol. The van der Waals surface area contributed by atoms with Crippen LogP contribution in [0.2, 0.25) is 0 Å². The van der Waals surface area contributed by atoms with E-state index in [1.807, 2.05) is 0 Å². The fourth-order valence-electron chi connectivity index (χ4n) is 1.67. The maximum absolute atomic E-state index is 12.1. The molecule has 2 aromatic heterocycles. The molecular weight excluding hydrogens is 278 g/mol. The fourth-order valence-corrected chi connectivity index (χ4v) is 2.44. The maximum atomic E-state index is 12.1. The Labute approximate surface area is 116 Å². The van der Waals surface area contributed by atoms with Crippen LogP contribution in [0.4, 0.5) is 5.69 Å². The van der Waals surface area contributed by atoms with Gasteiger partial charge in [-0.05, 0) is 30.7 Å². The summed E-state index contributed by atoms with van der Waals surface area (Å²) < 4.78 is 23.2. The lowest BCUT2D eigenvalue weighted by Crippen LogP contribution is -2.16. The van der Waals surface area contributed by atoms with E-state index in [4.69, 9.17) is 0 Å². The Morgan fingerprint density at radius 1 is 1.25 bits per heavy atom. The zero-order chi connectivity index (χ0) is 14.8. The number of nitrogens with zero attached hydrogens (tertiary/aromatic N) is 2. The van der Waals surface area contributed by atoms with Crippen LogP contribution in [-0.4, -0.2) is 30.5 Å². The van der Waals surface area contributed by atoms with Crippen molar-refractivity contribution in [2.75, 3.05) is 11.6 Å². The minimum Gasteiger partial charge on any atom is -0.319 e. The smallest absolute Gasteiger partial charge is 0.257 e. The summed E-state index contributed by atoms with van der Waals surface area (Å²) in [7, 11) is -3.51. The molecule has 2 aromatic rings. The average Bonchev–Trinajstić information content (AvgIpc) is 2.38. The van der Waals surface area contributed by atoms with E-state index in [1.165, 1.54) is 18.5 Å². The number of hydrogen-bond donors (Lipinski definition) is 1. The lowest BCUT2D eigenvalue weighted by atomic mass is 10.1. The molecule has 0 unspecified atom stereocenters. The van der Waals surface area contributed by atoms with Gasteiger partial charge in [-0.2, -0.15) is 0 Å². The molecule has 2 rings (SSSR count). The molecule has 104 valence electrons. The van der Waals surface area contributed by atoms with Gasteiger partial charge >= 0.3 is 0 Å². The Kier molecular flexibility index (Phi) is 3.80. The summed E-state index contributed by atoms with van der Waals surface area (Å²) >= 11 is 0. The topological polar surface area (TPSA) is 89.0 Å². The van der Waals surface area contributed by atoms with Crippen molar-refractivity contribution in [1.82, 2.24) is 9.97 Å². The van der Waals surface area contributed by atoms with Gasteiger partial charge in [0.15, 0.2) is 14.9 Å². The standard InChI is InChI=1S/C13H13N3O3S/c1-9-5-7-14-8-10(9)12(17)16-11-4-3-6-15-13(11)20(2,18)19/h3-8H,1-2H3,(H,16,17). The second-order valence-electron chi connectivity index (χ2n) is 4.27. The summed E-state index contributed by atoms with van der Waals surface area (Å²) in [5.41, 5.74) is 1.29. The van der Waals surface area contributed by atoms with Gasteiger partial charge in [-0.15, -0.1) is 0 Å². The van der Waals surface area contributed by atoms with Crippen LogP contribution in [-0.2, 0) is 9.84 Å². The normalized spacial score (nSPS) is 11.1. The van der Waals surface area contributed by atoms with Crippen molar-refractivity contribution in [3.8, 4) is 0 Å². The number of rotatable bonds is 3. The zero-order valence-electron chi connectivity index (χ0n) is 11.0. The van der Waals surface area contributed by atoms with Crippen LogP contribution in [0.15, 0.2) is 41.8 Å². The van der Waals surface area contributed by atoms with Gasteiger partial charge in [0.1, 0.15) is 0 Å². The minimum absolute atomic E-state index is 0.156. The van der Waals surface area contributed by atoms with Crippen molar-refractivity contribution in [1.29, 1.82) is 0 Å². The Morgan fingerprint density at radius 3 is 2.65 bits per heavy atom. The lowest BCUT2D eigenvalue weighted by molar-refractivity contribution is 0.102. The molecule has 7 heteroatoms. The highest BCUT2D eigenvalue weighted by Crippen LogP contribution is 2.19. The zero-order valence-corrected chi connectivity index (χ0v) is 11.8. The van der Waals surface area contributed by atoms with Crippen LogP contribution in [0.1, 0.15) is 15.9 Å². The summed E-state index contributed by atoms with van der Waals surface area (Å²) in [5, 5.41) is 2.40. The summed E-state index contributed by atoms with van der Waals surface area (Å²) in [4.78, 5) is 19.8. The number of nitrogens with one attached hydrogen (secondary N) is 1. The number of sulfone groups is 1. The molecule has 6 nitrogen and oxygen atoms in total. The monoisotopic (exact) mass is 291 g/mol. The molecule has 0 fully saturated rings. The number of aromatic nitrogens is 2. The number of pyridine rings is 2. The average molecular weight is 291 g/mol. The van der Waals surface area contributed by atoms with Gasteiger partial charge in [0.2, 0.25) is 0 Å². The summed E-state index contributed by atoms with van der Waals surface area (Å²) in [6.45, 7) is 1.78. The Hall–Kier alpha value is -2.28. The van der Waals surface area contributed by atoms with E-state index in [0.717, 1.165) is 11.8 Å². The van der Waals surface area contributed by atoms with Crippen molar-refractivity contribution in [3.63, 3.8) is 0 Å². The number of hydrogen-bond acceptors (Lipinski definition) is 5. The number of amides is 1. The first-order valence-electron chi connectivity index (χ1n) is 5.76. The van der Waals surface area contributed by atoms with Crippen molar-refractivity contribution >= 4 is 21.4 Å². The van der Waals surface area contributed by atoms with Gasteiger partial charge in [0.05, 0.1) is 11.3 Å². The van der Waals surface area contributed by atoms with Gasteiger partial charge in [0.25, 0.3) is 5.91 Å². The minimum atomic E-state index is -3.51. The van der Waals surface area contributed by atoms with E-state index in [0.29, 0.717) is 5.56 Å². The van der Waals surface area contributed by atoms with Crippen molar-refractivity contribution < 1.29 is 13.2 Å². The quantitative estimate of drug-likeness (QED) is 0.924. The molecule has 0 saturated carbocycles. The molecule has 0 bridgehead atoms. The number of aryl methyl sites for hydroxylation is 1. The molecule has 0 aliphatic heterocycles. The van der Waals surface area contributed by atoms with Gasteiger partial charge in [-0.25, -0.2) is 13.4 Å². The second-order valence-corrected chi connectivity index (χ2v) is 6.20. The Bertz CT molecular complexity index is 757. The van der Waals surface area contributed by atoms with Gasteiger partial charge in [-0.1, -0.05) is 0 Å². The van der Waals surface area contributed by atoms with Gasteiger partial charge < -0.3 is 5.32 Å². The number of anilines is 1. The lowest BCUT2D eigenvalue weighted by Gasteiger charge is -2.09. The largest absolute Gasteiger partial charge is 0.319 e. The molecule has 0 saturated heterocycles. The van der Waals surface area contributed by atoms with E-state index in [-0.39, 0.29) is 10.7 Å². The van der Waals surface area contributed by atoms with Crippen molar-refractivity contribution in [3.05, 3.63) is 47.9 Å². The molecule has 1 amide bonds. The predicted octanol–water partition coefficient (Wildman–Crippen LogP) is 1.44. The Balaban J connectivity index is 2.37. The first-order valence-corrected chi connectivity index (χ1v) is 7.66. The molecule has 0 aliphatic rings. The van der Waals surface area contributed by atoms with E-state index in [9.17, 15) is 13.2 Å². The molecule has 0 radical (unpaired) electrons. The molecule has 0 aromatic carbocycles. The van der Waals surface area contributed by atoms with Crippen LogP contribution in [0, 0.1) is 6.92 Å². The molecule has 0 spiro atoms. The van der Waals surface area contributed by atoms with Crippen LogP contribution in [0.5, 0.6) is 0 Å². The summed E-state index contributed by atoms with van der Waals surface area (Å²) in [6.07, 6.45) is 5.42. The van der Waals surface area contributed by atoms with Gasteiger partial charge in [0, 0.05) is 24.8 Å². The van der Waals surface area contributed by atoms with Crippen molar-refractivity contribution in [2.45, 2.75) is 11.9 Å². The van der Waals surface area contributed by atoms with Crippen LogP contribution in [0.25, 0.3) is 0 Å². The summed E-state index contributed by atoms with van der Waals surface area (Å²) in [5.74, 6) is -0.423. The third-order valence-electron chi connectivity index (χ3n) is 2.65. The number of carbonyl (C=O) groups excluding carboxylic acids is 1. The van der Waals surface area contributed by atoms with Crippen LogP contribution in [0.3, 0.4) is 0 Å². The fraction of sp³-hybridized carbons (Fsp3) is 0.154. The van der Waals surface area contributed by atoms with E-state index >= 15 is 0 Å². The highest BCUT2D eigenvalue weighted by molar-refractivity contribution is 7.90. The van der Waals surface area contributed by atoms with E-state index in [1.54, 1.807) is 25.3 Å². The first kappa shape index (κ1) is 14.1. The molecule has 0 aliphatic carbocycles. The Morgan fingerprint density at radius 2 is 2.00 bits per heavy atom. The molecule has 1 N–H and O–H groups in total. The SMILES string of the molecule is Cc1ccncc1C(=O)Nc1cccnc1S(C)(=O)=O. The van der Waals surface area contributed by atoms with Crippen molar-refractivity contribution in [2.24, 2.45) is 0 Å². The third kappa shape index (κ3) is 3.00.